The number of rotatable bonds is 6. The molecule has 0 radical (unpaired) electrons. The van der Waals surface area contributed by atoms with Crippen LogP contribution < -0.4 is 4.74 Å². The van der Waals surface area contributed by atoms with E-state index >= 15 is 0 Å². The van der Waals surface area contributed by atoms with Gasteiger partial charge in [0.2, 0.25) is 0 Å². The largest absolute Gasteiger partial charge is 0.494 e. The summed E-state index contributed by atoms with van der Waals surface area (Å²) < 4.78 is 5.54. The fourth-order valence-corrected chi connectivity index (χ4v) is 2.12. The van der Waals surface area contributed by atoms with Gasteiger partial charge in [0.25, 0.3) is 0 Å². The lowest BCUT2D eigenvalue weighted by molar-refractivity contribution is 0.214. The summed E-state index contributed by atoms with van der Waals surface area (Å²) in [7, 11) is 0. The lowest BCUT2D eigenvalue weighted by Crippen LogP contribution is -2.06. The average Bonchev–Trinajstić information content (AvgIpc) is 2.52. The minimum atomic E-state index is -0.689. The number of aliphatic hydroxyl groups excluding tert-OH is 1. The van der Waals surface area contributed by atoms with Crippen LogP contribution in [-0.4, -0.2) is 16.7 Å². The topological polar surface area (TPSA) is 42.4 Å². The molecular formula is C17H21NO2. The highest BCUT2D eigenvalue weighted by molar-refractivity contribution is 5.34. The van der Waals surface area contributed by atoms with Crippen molar-refractivity contribution in [3.63, 3.8) is 0 Å². The molecule has 0 aliphatic heterocycles. The van der Waals surface area contributed by atoms with Crippen molar-refractivity contribution in [3.8, 4) is 5.75 Å². The molecule has 0 aliphatic carbocycles. The third kappa shape index (κ3) is 3.36. The van der Waals surface area contributed by atoms with Crippen LogP contribution in [0.3, 0.4) is 0 Å². The van der Waals surface area contributed by atoms with Gasteiger partial charge in [0.05, 0.1) is 12.3 Å². The number of hydrogen-bond acceptors (Lipinski definition) is 3. The molecule has 106 valence electrons. The first kappa shape index (κ1) is 14.5. The Morgan fingerprint density at radius 1 is 1.15 bits per heavy atom. The van der Waals surface area contributed by atoms with Crippen LogP contribution in [0.15, 0.2) is 42.6 Å². The second kappa shape index (κ2) is 7.06. The van der Waals surface area contributed by atoms with Gasteiger partial charge in [0.15, 0.2) is 0 Å². The molecule has 0 saturated heterocycles. The van der Waals surface area contributed by atoms with Gasteiger partial charge in [-0.05, 0) is 42.2 Å². The number of nitrogens with zero attached hydrogens (tertiary/aromatic N) is 1. The van der Waals surface area contributed by atoms with Crippen LogP contribution in [-0.2, 0) is 6.42 Å². The van der Waals surface area contributed by atoms with E-state index in [2.05, 4.69) is 18.8 Å². The summed E-state index contributed by atoms with van der Waals surface area (Å²) in [6, 6.07) is 11.5. The number of ether oxygens (including phenoxy) is 1. The molecule has 0 amide bonds. The van der Waals surface area contributed by atoms with Crippen molar-refractivity contribution in [1.29, 1.82) is 0 Å². The zero-order chi connectivity index (χ0) is 14.4. The van der Waals surface area contributed by atoms with Crippen molar-refractivity contribution in [1.82, 2.24) is 4.98 Å². The minimum Gasteiger partial charge on any atom is -0.494 e. The predicted octanol–water partition coefficient (Wildman–Crippen LogP) is 3.51. The quantitative estimate of drug-likeness (QED) is 0.874. The highest BCUT2D eigenvalue weighted by Gasteiger charge is 2.15. The van der Waals surface area contributed by atoms with Gasteiger partial charge in [-0.2, -0.15) is 0 Å². The van der Waals surface area contributed by atoms with E-state index in [1.54, 1.807) is 6.20 Å². The summed E-state index contributed by atoms with van der Waals surface area (Å²) in [4.78, 5) is 4.32. The number of pyridine rings is 1. The van der Waals surface area contributed by atoms with E-state index in [0.29, 0.717) is 6.61 Å². The fraction of sp³-hybridized carbons (Fsp3) is 0.353. The summed E-state index contributed by atoms with van der Waals surface area (Å²) >= 11 is 0. The van der Waals surface area contributed by atoms with Crippen LogP contribution in [0.1, 0.15) is 43.2 Å². The average molecular weight is 271 g/mol. The summed E-state index contributed by atoms with van der Waals surface area (Å²) in [6.45, 7) is 4.85. The zero-order valence-electron chi connectivity index (χ0n) is 12.0. The van der Waals surface area contributed by atoms with Crippen molar-refractivity contribution in [2.24, 2.45) is 0 Å². The molecule has 3 nitrogen and oxygen atoms in total. The van der Waals surface area contributed by atoms with Crippen molar-refractivity contribution in [2.75, 3.05) is 6.61 Å². The Labute approximate surface area is 120 Å². The Bertz CT molecular complexity index is 537. The minimum absolute atomic E-state index is 0.689. The predicted molar refractivity (Wildman–Crippen MR) is 79.9 cm³/mol. The SMILES string of the molecule is CCCOc1ccc(C(O)c2ncccc2CC)cc1. The van der Waals surface area contributed by atoms with Gasteiger partial charge in [-0.1, -0.05) is 32.0 Å². The molecule has 1 heterocycles. The van der Waals surface area contributed by atoms with Crippen molar-refractivity contribution in [3.05, 3.63) is 59.4 Å². The van der Waals surface area contributed by atoms with E-state index < -0.39 is 6.10 Å². The summed E-state index contributed by atoms with van der Waals surface area (Å²) in [6.07, 6.45) is 2.87. The van der Waals surface area contributed by atoms with Gasteiger partial charge < -0.3 is 9.84 Å². The van der Waals surface area contributed by atoms with E-state index in [9.17, 15) is 5.11 Å². The second-order valence-electron chi connectivity index (χ2n) is 4.72. The molecule has 1 aromatic heterocycles. The maximum atomic E-state index is 10.5. The normalized spacial score (nSPS) is 12.2. The molecule has 0 spiro atoms. The van der Waals surface area contributed by atoms with E-state index in [1.165, 1.54) is 0 Å². The van der Waals surface area contributed by atoms with Crippen molar-refractivity contribution >= 4 is 0 Å². The first-order chi connectivity index (χ1) is 9.76. The first-order valence-corrected chi connectivity index (χ1v) is 7.10. The fourth-order valence-electron chi connectivity index (χ4n) is 2.12. The highest BCUT2D eigenvalue weighted by atomic mass is 16.5. The molecule has 0 saturated carbocycles. The van der Waals surface area contributed by atoms with E-state index in [1.807, 2.05) is 36.4 Å². The molecule has 0 fully saturated rings. The van der Waals surface area contributed by atoms with Gasteiger partial charge in [0, 0.05) is 6.20 Å². The molecular weight excluding hydrogens is 250 g/mol. The number of aliphatic hydroxyl groups is 1. The molecule has 2 aromatic rings. The monoisotopic (exact) mass is 271 g/mol. The lowest BCUT2D eigenvalue weighted by atomic mass is 10.0. The number of aromatic nitrogens is 1. The Morgan fingerprint density at radius 3 is 2.55 bits per heavy atom. The Balaban J connectivity index is 2.18. The molecule has 1 aromatic carbocycles. The maximum Gasteiger partial charge on any atom is 0.121 e. The van der Waals surface area contributed by atoms with Gasteiger partial charge in [-0.25, -0.2) is 0 Å². The van der Waals surface area contributed by atoms with Gasteiger partial charge in [-0.3, -0.25) is 4.98 Å². The Kier molecular flexibility index (Phi) is 5.13. The van der Waals surface area contributed by atoms with E-state index in [4.69, 9.17) is 4.74 Å². The summed E-state index contributed by atoms with van der Waals surface area (Å²) in [5, 5.41) is 10.5. The van der Waals surface area contributed by atoms with Crippen LogP contribution in [0.5, 0.6) is 5.75 Å². The molecule has 0 aliphatic rings. The smallest absolute Gasteiger partial charge is 0.121 e. The van der Waals surface area contributed by atoms with Crippen molar-refractivity contribution in [2.45, 2.75) is 32.8 Å². The van der Waals surface area contributed by atoms with Crippen LogP contribution in [0, 0.1) is 0 Å². The molecule has 0 bridgehead atoms. The first-order valence-electron chi connectivity index (χ1n) is 7.10. The van der Waals surface area contributed by atoms with E-state index in [-0.39, 0.29) is 0 Å². The third-order valence-electron chi connectivity index (χ3n) is 3.23. The number of hydrogen-bond donors (Lipinski definition) is 1. The number of aryl methyl sites for hydroxylation is 1. The van der Waals surface area contributed by atoms with Crippen LogP contribution in [0.4, 0.5) is 0 Å². The van der Waals surface area contributed by atoms with Crippen LogP contribution in [0.25, 0.3) is 0 Å². The van der Waals surface area contributed by atoms with Crippen molar-refractivity contribution < 1.29 is 9.84 Å². The Morgan fingerprint density at radius 2 is 1.90 bits per heavy atom. The highest BCUT2D eigenvalue weighted by Crippen LogP contribution is 2.25. The standard InChI is InChI=1S/C17H21NO2/c1-3-12-20-15-9-7-14(8-10-15)17(19)16-13(4-2)6-5-11-18-16/h5-11,17,19H,3-4,12H2,1-2H3. The van der Waals surface area contributed by atoms with Gasteiger partial charge in [-0.15, -0.1) is 0 Å². The van der Waals surface area contributed by atoms with Gasteiger partial charge in [0.1, 0.15) is 11.9 Å². The molecule has 1 unspecified atom stereocenters. The zero-order valence-corrected chi connectivity index (χ0v) is 12.0. The molecule has 2 rings (SSSR count). The van der Waals surface area contributed by atoms with Gasteiger partial charge >= 0.3 is 0 Å². The molecule has 1 N–H and O–H groups in total. The van der Waals surface area contributed by atoms with Crippen LogP contribution in [0.2, 0.25) is 0 Å². The molecule has 1 atom stereocenters. The maximum absolute atomic E-state index is 10.5. The lowest BCUT2D eigenvalue weighted by Gasteiger charge is -2.14. The van der Waals surface area contributed by atoms with E-state index in [0.717, 1.165) is 35.4 Å². The third-order valence-corrected chi connectivity index (χ3v) is 3.23. The molecule has 3 heteroatoms. The molecule has 20 heavy (non-hydrogen) atoms. The summed E-state index contributed by atoms with van der Waals surface area (Å²) in [5.74, 6) is 0.833. The number of benzene rings is 1. The van der Waals surface area contributed by atoms with Crippen LogP contribution >= 0.6 is 0 Å². The Hall–Kier alpha value is -1.87. The summed E-state index contributed by atoms with van der Waals surface area (Å²) in [5.41, 5.74) is 2.64. The second-order valence-corrected chi connectivity index (χ2v) is 4.72.